The molecule has 0 bridgehead atoms. The van der Waals surface area contributed by atoms with Gasteiger partial charge in [0.2, 0.25) is 0 Å². The second-order valence-corrected chi connectivity index (χ2v) is 8.86. The molecule has 2 saturated carbocycles. The molecule has 2 fully saturated rings. The van der Waals surface area contributed by atoms with Gasteiger partial charge in [0.1, 0.15) is 5.78 Å². The van der Waals surface area contributed by atoms with Crippen LogP contribution < -0.4 is 0 Å². The highest BCUT2D eigenvalue weighted by atomic mass is 16.3. The smallest absolute Gasteiger partial charge is 0.146 e. The molecule has 0 aromatic rings. The lowest BCUT2D eigenvalue weighted by Gasteiger charge is -2.60. The summed E-state index contributed by atoms with van der Waals surface area (Å²) >= 11 is 0. The normalized spacial score (nSPS) is 47.2. The van der Waals surface area contributed by atoms with Gasteiger partial charge in [0.25, 0.3) is 0 Å². The van der Waals surface area contributed by atoms with E-state index in [9.17, 15) is 9.90 Å². The number of carbonyl (C=O) groups is 1. The Kier molecular flexibility index (Phi) is 3.49. The Labute approximate surface area is 134 Å². The predicted molar refractivity (Wildman–Crippen MR) is 89.4 cm³/mol. The minimum Gasteiger partial charge on any atom is -0.393 e. The van der Waals surface area contributed by atoms with E-state index in [1.165, 1.54) is 5.57 Å². The first-order valence-electron chi connectivity index (χ1n) is 8.72. The summed E-state index contributed by atoms with van der Waals surface area (Å²) in [4.78, 5) is 12.7. The van der Waals surface area contributed by atoms with E-state index in [1.807, 2.05) is 13.0 Å². The highest BCUT2D eigenvalue weighted by molar-refractivity contribution is 5.90. The van der Waals surface area contributed by atoms with Gasteiger partial charge in [-0.3, -0.25) is 4.79 Å². The zero-order valence-electron chi connectivity index (χ0n) is 14.5. The predicted octanol–water partition coefficient (Wildman–Crippen LogP) is 4.29. The van der Waals surface area contributed by atoms with Crippen LogP contribution in [0.3, 0.4) is 0 Å². The van der Waals surface area contributed by atoms with Gasteiger partial charge in [0, 0.05) is 6.42 Å². The number of Topliss-reactive ketones (excluding diaryl/α,β-unsaturated/α-hetero) is 1. The summed E-state index contributed by atoms with van der Waals surface area (Å²) < 4.78 is 0. The van der Waals surface area contributed by atoms with Gasteiger partial charge in [-0.1, -0.05) is 38.5 Å². The molecule has 0 unspecified atom stereocenters. The second kappa shape index (κ2) is 4.80. The fourth-order valence-electron chi connectivity index (χ4n) is 5.68. The first-order valence-corrected chi connectivity index (χ1v) is 8.72. The number of hydrogen-bond acceptors (Lipinski definition) is 2. The van der Waals surface area contributed by atoms with E-state index < -0.39 is 5.41 Å². The third-order valence-electron chi connectivity index (χ3n) is 7.37. The minimum atomic E-state index is -0.473. The summed E-state index contributed by atoms with van der Waals surface area (Å²) in [6, 6.07) is 0. The molecule has 2 nitrogen and oxygen atoms in total. The van der Waals surface area contributed by atoms with Crippen LogP contribution in [0.15, 0.2) is 24.3 Å². The van der Waals surface area contributed by atoms with E-state index in [2.05, 4.69) is 33.4 Å². The fourth-order valence-corrected chi connectivity index (χ4v) is 5.68. The lowest BCUT2D eigenvalue weighted by molar-refractivity contribution is -0.140. The van der Waals surface area contributed by atoms with Gasteiger partial charge in [-0.2, -0.15) is 0 Å². The molecule has 0 spiro atoms. The van der Waals surface area contributed by atoms with E-state index in [0.29, 0.717) is 24.0 Å². The maximum Gasteiger partial charge on any atom is 0.146 e. The topological polar surface area (TPSA) is 37.3 Å². The molecule has 0 amide bonds. The number of allylic oxidation sites excluding steroid dienone is 3. The van der Waals surface area contributed by atoms with Crippen molar-refractivity contribution < 1.29 is 9.90 Å². The average Bonchev–Trinajstić information content (AvgIpc) is 2.46. The van der Waals surface area contributed by atoms with Crippen molar-refractivity contribution in [3.05, 3.63) is 24.3 Å². The van der Waals surface area contributed by atoms with Gasteiger partial charge in [-0.05, 0) is 55.3 Å². The number of fused-ring (bicyclic) bond motifs is 3. The van der Waals surface area contributed by atoms with Gasteiger partial charge in [0.05, 0.1) is 11.5 Å². The summed E-state index contributed by atoms with van der Waals surface area (Å²) in [5.41, 5.74) is 1.08. The number of hydrogen-bond donors (Lipinski definition) is 1. The molecule has 0 aromatic carbocycles. The molecule has 2 heteroatoms. The SMILES string of the molecule is C=C[C@]1(C)C=C2CC[C@@H]3C(C)(C)[C@H](O)CC[C@@]3(C)[C@H]2CC1=O. The van der Waals surface area contributed by atoms with Crippen LogP contribution in [-0.4, -0.2) is 17.0 Å². The Hall–Kier alpha value is -0.890. The summed E-state index contributed by atoms with van der Waals surface area (Å²) in [6.07, 6.45) is 8.53. The lowest BCUT2D eigenvalue weighted by Crippen LogP contribution is -2.56. The molecule has 0 heterocycles. The zero-order chi connectivity index (χ0) is 16.3. The van der Waals surface area contributed by atoms with E-state index in [-0.39, 0.29) is 16.9 Å². The number of ketones is 1. The highest BCUT2D eigenvalue weighted by Gasteiger charge is 2.57. The van der Waals surface area contributed by atoms with E-state index >= 15 is 0 Å². The van der Waals surface area contributed by atoms with Crippen molar-refractivity contribution in [1.82, 2.24) is 0 Å². The summed E-state index contributed by atoms with van der Waals surface area (Å²) in [5.74, 6) is 1.16. The quantitative estimate of drug-likeness (QED) is 0.734. The lowest BCUT2D eigenvalue weighted by atomic mass is 9.45. The van der Waals surface area contributed by atoms with Crippen molar-refractivity contribution in [2.75, 3.05) is 0 Å². The maximum absolute atomic E-state index is 12.7. The highest BCUT2D eigenvalue weighted by Crippen LogP contribution is 2.63. The zero-order valence-corrected chi connectivity index (χ0v) is 14.5. The monoisotopic (exact) mass is 302 g/mol. The third-order valence-corrected chi connectivity index (χ3v) is 7.37. The van der Waals surface area contributed by atoms with Gasteiger partial charge in [-0.15, -0.1) is 6.58 Å². The first kappa shape index (κ1) is 16.0. The van der Waals surface area contributed by atoms with Crippen LogP contribution in [0.25, 0.3) is 0 Å². The maximum atomic E-state index is 12.7. The molecule has 1 N–H and O–H groups in total. The third kappa shape index (κ3) is 1.99. The van der Waals surface area contributed by atoms with Gasteiger partial charge in [-0.25, -0.2) is 0 Å². The number of carbonyl (C=O) groups excluding carboxylic acids is 1. The minimum absolute atomic E-state index is 0.0548. The van der Waals surface area contributed by atoms with E-state index in [4.69, 9.17) is 0 Å². The van der Waals surface area contributed by atoms with Crippen molar-refractivity contribution in [1.29, 1.82) is 0 Å². The Morgan fingerprint density at radius 1 is 1.27 bits per heavy atom. The number of aliphatic hydroxyl groups is 1. The standard InChI is InChI=1S/C20H30O2/c1-6-19(4)12-13-7-8-15-18(2,3)16(21)9-10-20(15,5)14(13)11-17(19)22/h6,12,14-16,21H,1,7-11H2,2-5H3/t14-,15+,16+,19+,20-/m0/s1. The van der Waals surface area contributed by atoms with Crippen LogP contribution in [-0.2, 0) is 4.79 Å². The molecule has 0 saturated heterocycles. The van der Waals surface area contributed by atoms with Crippen LogP contribution in [0, 0.1) is 28.1 Å². The first-order chi connectivity index (χ1) is 10.1. The van der Waals surface area contributed by atoms with Crippen molar-refractivity contribution in [2.24, 2.45) is 28.1 Å². The summed E-state index contributed by atoms with van der Waals surface area (Å²) in [7, 11) is 0. The van der Waals surface area contributed by atoms with Crippen LogP contribution in [0.2, 0.25) is 0 Å². The van der Waals surface area contributed by atoms with Crippen LogP contribution in [0.4, 0.5) is 0 Å². The number of rotatable bonds is 1. The van der Waals surface area contributed by atoms with Crippen molar-refractivity contribution >= 4 is 5.78 Å². The Morgan fingerprint density at radius 3 is 2.59 bits per heavy atom. The summed E-state index contributed by atoms with van der Waals surface area (Å²) in [5, 5.41) is 10.5. The van der Waals surface area contributed by atoms with Crippen molar-refractivity contribution in [2.45, 2.75) is 65.9 Å². The molecular formula is C20H30O2. The van der Waals surface area contributed by atoms with E-state index in [1.54, 1.807) is 0 Å². The largest absolute Gasteiger partial charge is 0.393 e. The molecule has 3 aliphatic carbocycles. The Morgan fingerprint density at radius 2 is 1.95 bits per heavy atom. The Balaban J connectivity index is 2.02. The molecular weight excluding hydrogens is 272 g/mol. The van der Waals surface area contributed by atoms with Gasteiger partial charge in [0.15, 0.2) is 0 Å². The van der Waals surface area contributed by atoms with Gasteiger partial charge >= 0.3 is 0 Å². The molecule has 0 aromatic heterocycles. The summed E-state index contributed by atoms with van der Waals surface area (Å²) in [6.45, 7) is 12.7. The van der Waals surface area contributed by atoms with Crippen LogP contribution >= 0.6 is 0 Å². The molecule has 3 rings (SSSR count). The number of aliphatic hydroxyl groups excluding tert-OH is 1. The van der Waals surface area contributed by atoms with Gasteiger partial charge < -0.3 is 5.11 Å². The average molecular weight is 302 g/mol. The van der Waals surface area contributed by atoms with E-state index in [0.717, 1.165) is 25.7 Å². The van der Waals surface area contributed by atoms with Crippen molar-refractivity contribution in [3.8, 4) is 0 Å². The molecule has 22 heavy (non-hydrogen) atoms. The second-order valence-electron chi connectivity index (χ2n) is 8.86. The molecule has 0 radical (unpaired) electrons. The molecule has 5 atom stereocenters. The van der Waals surface area contributed by atoms with Crippen LogP contribution in [0.5, 0.6) is 0 Å². The fraction of sp³-hybridized carbons (Fsp3) is 0.750. The molecule has 3 aliphatic rings. The van der Waals surface area contributed by atoms with Crippen LogP contribution in [0.1, 0.15) is 59.8 Å². The molecule has 122 valence electrons. The molecule has 0 aliphatic heterocycles. The van der Waals surface area contributed by atoms with Crippen molar-refractivity contribution in [3.63, 3.8) is 0 Å². The Bertz CT molecular complexity index is 544.